The fourth-order valence-corrected chi connectivity index (χ4v) is 3.25. The smallest absolute Gasteiger partial charge is 0.351 e. The maximum atomic E-state index is 13.6. The molecule has 2 aromatic carbocycles. The first-order chi connectivity index (χ1) is 13.9. The number of aromatic nitrogens is 2. The Bertz CT molecular complexity index is 1020. The third kappa shape index (κ3) is 4.08. The van der Waals surface area contributed by atoms with Crippen molar-refractivity contribution in [1.82, 2.24) is 14.9 Å². The van der Waals surface area contributed by atoms with Gasteiger partial charge in [-0.1, -0.05) is 30.3 Å². The third-order valence-corrected chi connectivity index (χ3v) is 4.71. The number of para-hydroxylation sites is 3. The molecule has 1 fully saturated rings. The maximum Gasteiger partial charge on any atom is 0.437 e. The average Bonchev–Trinajstić information content (AvgIpc) is 2.73. The minimum absolute atomic E-state index is 0.195. The van der Waals surface area contributed by atoms with Crippen LogP contribution in [0.3, 0.4) is 0 Å². The second-order valence-electron chi connectivity index (χ2n) is 6.65. The fourth-order valence-electron chi connectivity index (χ4n) is 3.25. The molecule has 9 heteroatoms. The van der Waals surface area contributed by atoms with Gasteiger partial charge in [0.25, 0.3) is 0 Å². The van der Waals surface area contributed by atoms with Crippen LogP contribution in [0, 0.1) is 0 Å². The van der Waals surface area contributed by atoms with E-state index in [0.29, 0.717) is 11.2 Å². The predicted octanol–water partition coefficient (Wildman–Crippen LogP) is 4.00. The second kappa shape index (κ2) is 7.57. The van der Waals surface area contributed by atoms with Crippen molar-refractivity contribution in [3.63, 3.8) is 0 Å². The lowest BCUT2D eigenvalue weighted by Crippen LogP contribution is -2.50. The summed E-state index contributed by atoms with van der Waals surface area (Å²) in [6.45, 7) is 1.03. The molecule has 2 amide bonds. The van der Waals surface area contributed by atoms with Gasteiger partial charge in [-0.25, -0.2) is 14.8 Å². The molecule has 1 aliphatic rings. The van der Waals surface area contributed by atoms with Crippen molar-refractivity contribution in [3.05, 3.63) is 60.3 Å². The van der Waals surface area contributed by atoms with Crippen LogP contribution in [0.4, 0.5) is 29.5 Å². The highest BCUT2D eigenvalue weighted by Crippen LogP contribution is 2.35. The molecule has 0 saturated carbocycles. The van der Waals surface area contributed by atoms with E-state index in [4.69, 9.17) is 0 Å². The van der Waals surface area contributed by atoms with E-state index in [0.717, 1.165) is 0 Å². The molecule has 1 saturated heterocycles. The minimum atomic E-state index is -4.62. The number of anilines is 2. The Morgan fingerprint density at radius 2 is 1.45 bits per heavy atom. The number of carbonyl (C=O) groups is 1. The molecule has 1 N–H and O–H groups in total. The molecule has 0 spiro atoms. The second-order valence-corrected chi connectivity index (χ2v) is 6.65. The summed E-state index contributed by atoms with van der Waals surface area (Å²) in [5.74, 6) is -0.195. The zero-order valence-electron chi connectivity index (χ0n) is 15.4. The largest absolute Gasteiger partial charge is 0.437 e. The summed E-state index contributed by atoms with van der Waals surface area (Å²) in [5, 5.41) is 2.79. The number of fused-ring (bicyclic) bond motifs is 1. The molecule has 1 aliphatic heterocycles. The number of amides is 2. The van der Waals surface area contributed by atoms with Crippen LogP contribution in [0.15, 0.2) is 54.6 Å². The lowest BCUT2D eigenvalue weighted by atomic mass is 10.2. The standard InChI is InChI=1S/C20H18F3N5O/c21-20(22,23)17-18(26-16-9-5-4-8-15(16)25-17)27-10-12-28(13-11-27)19(29)24-14-6-2-1-3-7-14/h1-9H,10-13H2,(H,24,29). The van der Waals surface area contributed by atoms with E-state index < -0.39 is 11.9 Å². The van der Waals surface area contributed by atoms with Crippen LogP contribution < -0.4 is 10.2 Å². The molecule has 29 heavy (non-hydrogen) atoms. The highest BCUT2D eigenvalue weighted by atomic mass is 19.4. The highest BCUT2D eigenvalue weighted by molar-refractivity contribution is 5.89. The Balaban J connectivity index is 1.52. The number of rotatable bonds is 2. The lowest BCUT2D eigenvalue weighted by molar-refractivity contribution is -0.140. The number of urea groups is 1. The summed E-state index contributed by atoms with van der Waals surface area (Å²) in [4.78, 5) is 23.5. The summed E-state index contributed by atoms with van der Waals surface area (Å²) in [5.41, 5.74) is 0.266. The summed E-state index contributed by atoms with van der Waals surface area (Å²) >= 11 is 0. The SMILES string of the molecule is O=C(Nc1ccccc1)N1CCN(c2nc3ccccc3nc2C(F)(F)F)CC1. The normalized spacial score (nSPS) is 14.9. The predicted molar refractivity (Wildman–Crippen MR) is 104 cm³/mol. The van der Waals surface area contributed by atoms with Crippen LogP contribution in [0.5, 0.6) is 0 Å². The van der Waals surface area contributed by atoms with E-state index in [1.807, 2.05) is 18.2 Å². The molecule has 0 atom stereocenters. The van der Waals surface area contributed by atoms with Crippen LogP contribution in [-0.2, 0) is 6.18 Å². The first kappa shape index (κ1) is 19.0. The van der Waals surface area contributed by atoms with Crippen molar-refractivity contribution in [2.24, 2.45) is 0 Å². The van der Waals surface area contributed by atoms with Crippen molar-refractivity contribution in [3.8, 4) is 0 Å². The van der Waals surface area contributed by atoms with Crippen LogP contribution in [-0.4, -0.2) is 47.1 Å². The van der Waals surface area contributed by atoms with Crippen LogP contribution >= 0.6 is 0 Å². The number of alkyl halides is 3. The number of nitrogens with zero attached hydrogens (tertiary/aromatic N) is 4. The number of hydrogen-bond donors (Lipinski definition) is 1. The molecule has 6 nitrogen and oxygen atoms in total. The quantitative estimate of drug-likeness (QED) is 0.705. The van der Waals surface area contributed by atoms with E-state index in [1.165, 1.54) is 11.0 Å². The van der Waals surface area contributed by atoms with E-state index >= 15 is 0 Å². The molecule has 1 aromatic heterocycles. The van der Waals surface area contributed by atoms with Gasteiger partial charge in [0.15, 0.2) is 11.5 Å². The van der Waals surface area contributed by atoms with Gasteiger partial charge in [-0.3, -0.25) is 0 Å². The summed E-state index contributed by atoms with van der Waals surface area (Å²) in [7, 11) is 0. The zero-order chi connectivity index (χ0) is 20.4. The number of benzene rings is 2. The fraction of sp³-hybridized carbons (Fsp3) is 0.250. The molecule has 3 aromatic rings. The molecule has 0 aliphatic carbocycles. The van der Waals surface area contributed by atoms with Crippen molar-refractivity contribution in [2.75, 3.05) is 36.4 Å². The van der Waals surface area contributed by atoms with E-state index in [9.17, 15) is 18.0 Å². The van der Waals surface area contributed by atoms with Crippen molar-refractivity contribution in [1.29, 1.82) is 0 Å². The van der Waals surface area contributed by atoms with Gasteiger partial charge >= 0.3 is 12.2 Å². The van der Waals surface area contributed by atoms with Gasteiger partial charge in [-0.2, -0.15) is 13.2 Å². The first-order valence-electron chi connectivity index (χ1n) is 9.12. The molecular formula is C20H18F3N5O. The lowest BCUT2D eigenvalue weighted by Gasteiger charge is -2.36. The molecular weight excluding hydrogens is 383 g/mol. The molecule has 4 rings (SSSR count). The van der Waals surface area contributed by atoms with Crippen LogP contribution in [0.1, 0.15) is 5.69 Å². The van der Waals surface area contributed by atoms with Crippen LogP contribution in [0.2, 0.25) is 0 Å². The Labute approximate surface area is 165 Å². The third-order valence-electron chi connectivity index (χ3n) is 4.71. The van der Waals surface area contributed by atoms with Crippen LogP contribution in [0.25, 0.3) is 11.0 Å². The Morgan fingerprint density at radius 3 is 2.07 bits per heavy atom. The Kier molecular flexibility index (Phi) is 4.96. The number of hydrogen-bond acceptors (Lipinski definition) is 4. The van der Waals surface area contributed by atoms with Gasteiger partial charge in [0.05, 0.1) is 11.0 Å². The molecule has 0 bridgehead atoms. The van der Waals surface area contributed by atoms with Gasteiger partial charge in [0, 0.05) is 31.9 Å². The molecule has 0 radical (unpaired) electrons. The van der Waals surface area contributed by atoms with Gasteiger partial charge in [0.2, 0.25) is 0 Å². The molecule has 2 heterocycles. The van der Waals surface area contributed by atoms with Gasteiger partial charge in [-0.05, 0) is 24.3 Å². The monoisotopic (exact) mass is 401 g/mol. The summed E-state index contributed by atoms with van der Waals surface area (Å²) in [6.07, 6.45) is -4.62. The number of halogens is 3. The van der Waals surface area contributed by atoms with Gasteiger partial charge in [0.1, 0.15) is 0 Å². The van der Waals surface area contributed by atoms with Gasteiger partial charge in [-0.15, -0.1) is 0 Å². The van der Waals surface area contributed by atoms with E-state index in [-0.39, 0.29) is 43.5 Å². The number of carbonyl (C=O) groups excluding carboxylic acids is 1. The summed E-state index contributed by atoms with van der Waals surface area (Å²) < 4.78 is 40.7. The molecule has 150 valence electrons. The summed E-state index contributed by atoms with van der Waals surface area (Å²) in [6, 6.07) is 15.2. The first-order valence-corrected chi connectivity index (χ1v) is 9.12. The highest BCUT2D eigenvalue weighted by Gasteiger charge is 2.39. The average molecular weight is 401 g/mol. The number of piperazine rings is 1. The number of nitrogens with one attached hydrogen (secondary N) is 1. The van der Waals surface area contributed by atoms with Crippen molar-refractivity contribution < 1.29 is 18.0 Å². The topological polar surface area (TPSA) is 61.4 Å². The molecule has 0 unspecified atom stereocenters. The van der Waals surface area contributed by atoms with Crippen molar-refractivity contribution >= 4 is 28.6 Å². The Hall–Kier alpha value is -3.36. The van der Waals surface area contributed by atoms with Gasteiger partial charge < -0.3 is 15.1 Å². The minimum Gasteiger partial charge on any atom is -0.351 e. The van der Waals surface area contributed by atoms with E-state index in [1.54, 1.807) is 35.2 Å². The van der Waals surface area contributed by atoms with E-state index in [2.05, 4.69) is 15.3 Å². The maximum absolute atomic E-state index is 13.6. The zero-order valence-corrected chi connectivity index (χ0v) is 15.4. The Morgan fingerprint density at radius 1 is 0.862 bits per heavy atom. The van der Waals surface area contributed by atoms with Crippen molar-refractivity contribution in [2.45, 2.75) is 6.18 Å².